The van der Waals surface area contributed by atoms with Crippen LogP contribution in [0.2, 0.25) is 0 Å². The lowest BCUT2D eigenvalue weighted by Crippen LogP contribution is -2.42. The van der Waals surface area contributed by atoms with E-state index in [1.54, 1.807) is 6.08 Å². The molecule has 8 nitrogen and oxygen atoms in total. The zero-order valence-corrected chi connectivity index (χ0v) is 26.4. The molecular formula is C38H46N2O6. The first-order valence-electron chi connectivity index (χ1n) is 15.8. The van der Waals surface area contributed by atoms with E-state index in [4.69, 9.17) is 9.47 Å². The predicted molar refractivity (Wildman–Crippen MR) is 180 cm³/mol. The van der Waals surface area contributed by atoms with Crippen molar-refractivity contribution in [2.24, 2.45) is 5.92 Å². The third-order valence-corrected chi connectivity index (χ3v) is 7.46. The smallest absolute Gasteiger partial charge is 0.305 e. The molecule has 0 heterocycles. The van der Waals surface area contributed by atoms with E-state index in [1.165, 1.54) is 0 Å². The zero-order chi connectivity index (χ0) is 33.0. The first-order chi connectivity index (χ1) is 22.4. The minimum atomic E-state index is -0.696. The van der Waals surface area contributed by atoms with E-state index >= 15 is 0 Å². The highest BCUT2D eigenvalue weighted by Crippen LogP contribution is 2.19. The van der Waals surface area contributed by atoms with Crippen LogP contribution in [0.3, 0.4) is 0 Å². The summed E-state index contributed by atoms with van der Waals surface area (Å²) in [5.74, 6) is -1.00. The fourth-order valence-electron chi connectivity index (χ4n) is 4.91. The molecule has 0 aliphatic heterocycles. The molecule has 244 valence electrons. The Morgan fingerprint density at radius 1 is 0.826 bits per heavy atom. The Balaban J connectivity index is 1.54. The van der Waals surface area contributed by atoms with Gasteiger partial charge in [0.25, 0.3) is 0 Å². The maximum atomic E-state index is 13.4. The van der Waals surface area contributed by atoms with Gasteiger partial charge in [-0.3, -0.25) is 14.4 Å². The molecule has 46 heavy (non-hydrogen) atoms. The third kappa shape index (κ3) is 13.1. The number of carbonyl (C=O) groups excluding carboxylic acids is 3. The number of esters is 1. The third-order valence-electron chi connectivity index (χ3n) is 7.46. The molecule has 3 N–H and O–H groups in total. The summed E-state index contributed by atoms with van der Waals surface area (Å²) in [4.78, 5) is 38.8. The van der Waals surface area contributed by atoms with E-state index < -0.39 is 18.0 Å². The number of rotatable bonds is 21. The average Bonchev–Trinajstić information content (AvgIpc) is 3.08. The lowest BCUT2D eigenvalue weighted by molar-refractivity contribution is -0.145. The summed E-state index contributed by atoms with van der Waals surface area (Å²) < 4.78 is 11.4. The largest absolute Gasteiger partial charge is 0.489 e. The first-order valence-corrected chi connectivity index (χ1v) is 15.8. The average molecular weight is 627 g/mol. The number of hydrogen-bond donors (Lipinski definition) is 3. The van der Waals surface area contributed by atoms with Gasteiger partial charge in [-0.2, -0.15) is 0 Å². The number of allylic oxidation sites excluding steroid dienone is 2. The zero-order valence-electron chi connectivity index (χ0n) is 26.4. The molecule has 2 amide bonds. The molecule has 3 atom stereocenters. The molecule has 0 saturated carbocycles. The fourth-order valence-corrected chi connectivity index (χ4v) is 4.91. The number of nitrogens with one attached hydrogen (secondary N) is 2. The minimum Gasteiger partial charge on any atom is -0.489 e. The van der Waals surface area contributed by atoms with Crippen LogP contribution >= 0.6 is 0 Å². The summed E-state index contributed by atoms with van der Waals surface area (Å²) in [6.07, 6.45) is 6.70. The minimum absolute atomic E-state index is 0.0221. The number of aliphatic hydroxyl groups is 1. The van der Waals surface area contributed by atoms with Gasteiger partial charge >= 0.3 is 5.97 Å². The summed E-state index contributed by atoms with van der Waals surface area (Å²) in [5.41, 5.74) is 2.78. The molecule has 3 rings (SSSR count). The Bertz CT molecular complexity index is 1360. The van der Waals surface area contributed by atoms with Gasteiger partial charge in [0.15, 0.2) is 0 Å². The van der Waals surface area contributed by atoms with Crippen LogP contribution in [0.5, 0.6) is 5.75 Å². The molecule has 3 aromatic carbocycles. The number of aliphatic hydroxyl groups excluding tert-OH is 1. The van der Waals surface area contributed by atoms with Crippen molar-refractivity contribution in [1.82, 2.24) is 10.6 Å². The molecule has 3 aromatic rings. The van der Waals surface area contributed by atoms with Crippen molar-refractivity contribution in [2.45, 2.75) is 63.6 Å². The SMILES string of the molecule is C=CCCCCC(=O)OC[C@H](NC(=O)[C@@H](CC=C)CC(=O)N[C@H](CO)Cc1ccc(OCc2ccccc2)cc1)c1ccccc1. The number of hydrogen-bond acceptors (Lipinski definition) is 6. The van der Waals surface area contributed by atoms with Gasteiger partial charge in [0.1, 0.15) is 19.0 Å². The second-order valence-electron chi connectivity index (χ2n) is 11.2. The van der Waals surface area contributed by atoms with Crippen molar-refractivity contribution in [3.63, 3.8) is 0 Å². The molecule has 0 aliphatic rings. The second kappa shape index (κ2) is 20.4. The molecule has 0 aromatic heterocycles. The van der Waals surface area contributed by atoms with Gasteiger partial charge in [0, 0.05) is 12.8 Å². The molecule has 0 saturated heterocycles. The van der Waals surface area contributed by atoms with Crippen LogP contribution < -0.4 is 15.4 Å². The van der Waals surface area contributed by atoms with Crippen LogP contribution in [0.1, 0.15) is 61.3 Å². The van der Waals surface area contributed by atoms with E-state index in [9.17, 15) is 19.5 Å². The maximum Gasteiger partial charge on any atom is 0.305 e. The number of carbonyl (C=O) groups is 3. The summed E-state index contributed by atoms with van der Waals surface area (Å²) in [6, 6.07) is 25.6. The Morgan fingerprint density at radius 2 is 1.52 bits per heavy atom. The van der Waals surface area contributed by atoms with Gasteiger partial charge in [-0.1, -0.05) is 84.9 Å². The maximum absolute atomic E-state index is 13.4. The quantitative estimate of drug-likeness (QED) is 0.0758. The van der Waals surface area contributed by atoms with Gasteiger partial charge in [0.2, 0.25) is 11.8 Å². The highest BCUT2D eigenvalue weighted by atomic mass is 16.5. The number of amides is 2. The summed E-state index contributed by atoms with van der Waals surface area (Å²) in [5, 5.41) is 15.8. The van der Waals surface area contributed by atoms with E-state index in [2.05, 4.69) is 23.8 Å². The topological polar surface area (TPSA) is 114 Å². The number of ether oxygens (including phenoxy) is 2. The van der Waals surface area contributed by atoms with Crippen LogP contribution in [0.25, 0.3) is 0 Å². The van der Waals surface area contributed by atoms with E-state index in [0.29, 0.717) is 25.9 Å². The van der Waals surface area contributed by atoms with Gasteiger partial charge < -0.3 is 25.2 Å². The Kier molecular flexibility index (Phi) is 15.8. The van der Waals surface area contributed by atoms with Crippen molar-refractivity contribution in [3.8, 4) is 5.75 Å². The second-order valence-corrected chi connectivity index (χ2v) is 11.2. The lowest BCUT2D eigenvalue weighted by atomic mass is 9.97. The highest BCUT2D eigenvalue weighted by Gasteiger charge is 2.26. The first kappa shape index (κ1) is 35.8. The predicted octanol–water partition coefficient (Wildman–Crippen LogP) is 6.01. The lowest BCUT2D eigenvalue weighted by Gasteiger charge is -2.23. The van der Waals surface area contributed by atoms with Crippen molar-refractivity contribution >= 4 is 17.8 Å². The van der Waals surface area contributed by atoms with Crippen LogP contribution in [-0.4, -0.2) is 42.1 Å². The molecule has 0 spiro atoms. The van der Waals surface area contributed by atoms with Crippen LogP contribution in [0.15, 0.2) is 110 Å². The van der Waals surface area contributed by atoms with Crippen molar-refractivity contribution in [3.05, 3.63) is 127 Å². The standard InChI is InChI=1S/C38H46N2O6/c1-3-5-6-13-19-37(43)46-28-35(31-17-11-8-12-18-31)40-38(44)32(14-4-2)25-36(42)39-33(26-41)24-29-20-22-34(23-21-29)45-27-30-15-9-7-10-16-30/h3-4,7-12,15-18,20-23,32-33,35,41H,1-2,5-6,13-14,19,24-28H2,(H,39,42)(H,40,44)/t32-,33-,35-/m0/s1. The summed E-state index contributed by atoms with van der Waals surface area (Å²) in [7, 11) is 0. The van der Waals surface area contributed by atoms with Gasteiger partial charge in [-0.25, -0.2) is 0 Å². The Hall–Kier alpha value is -4.69. The fraction of sp³-hybridized carbons (Fsp3) is 0.342. The monoisotopic (exact) mass is 626 g/mol. The Morgan fingerprint density at radius 3 is 2.17 bits per heavy atom. The highest BCUT2D eigenvalue weighted by molar-refractivity contribution is 5.86. The van der Waals surface area contributed by atoms with E-state index in [-0.39, 0.29) is 43.8 Å². The van der Waals surface area contributed by atoms with Gasteiger partial charge in [-0.15, -0.1) is 13.2 Å². The molecule has 0 aliphatic carbocycles. The van der Waals surface area contributed by atoms with E-state index in [0.717, 1.165) is 35.3 Å². The van der Waals surface area contributed by atoms with Crippen molar-refractivity contribution in [1.29, 1.82) is 0 Å². The Labute approximate surface area is 272 Å². The normalized spacial score (nSPS) is 12.6. The molecule has 0 bridgehead atoms. The van der Waals surface area contributed by atoms with Gasteiger partial charge in [0.05, 0.1) is 24.6 Å². The van der Waals surface area contributed by atoms with Gasteiger partial charge in [-0.05, 0) is 60.9 Å². The van der Waals surface area contributed by atoms with Crippen molar-refractivity contribution in [2.75, 3.05) is 13.2 Å². The van der Waals surface area contributed by atoms with Crippen LogP contribution in [0, 0.1) is 5.92 Å². The summed E-state index contributed by atoms with van der Waals surface area (Å²) >= 11 is 0. The van der Waals surface area contributed by atoms with E-state index in [1.807, 2.05) is 91.0 Å². The van der Waals surface area contributed by atoms with Crippen LogP contribution in [0.4, 0.5) is 0 Å². The molecule has 0 fully saturated rings. The molecular weight excluding hydrogens is 580 g/mol. The molecule has 0 radical (unpaired) electrons. The molecule has 8 heteroatoms. The molecule has 0 unspecified atom stereocenters. The van der Waals surface area contributed by atoms with Crippen LogP contribution in [-0.2, 0) is 32.1 Å². The summed E-state index contributed by atoms with van der Waals surface area (Å²) in [6.45, 7) is 7.63. The number of benzene rings is 3. The number of unbranched alkanes of at least 4 members (excludes halogenated alkanes) is 2. The van der Waals surface area contributed by atoms with Crippen molar-refractivity contribution < 1.29 is 29.0 Å².